The van der Waals surface area contributed by atoms with Crippen LogP contribution >= 0.6 is 0 Å². The second-order valence-electron chi connectivity index (χ2n) is 5.46. The highest BCUT2D eigenvalue weighted by molar-refractivity contribution is 5.37. The molecular formula is C15H26N4. The summed E-state index contributed by atoms with van der Waals surface area (Å²) in [6.45, 7) is 4.01. The normalized spacial score (nSPS) is 16.5. The highest BCUT2D eigenvalue weighted by Crippen LogP contribution is 2.24. The first-order chi connectivity index (χ1) is 9.31. The Bertz CT molecular complexity index is 357. The van der Waals surface area contributed by atoms with Crippen molar-refractivity contribution < 1.29 is 0 Å². The van der Waals surface area contributed by atoms with Gasteiger partial charge in [0.25, 0.3) is 0 Å². The Balaban J connectivity index is 1.89. The molecule has 0 aliphatic heterocycles. The fourth-order valence-corrected chi connectivity index (χ4v) is 2.68. The Morgan fingerprint density at radius 2 is 2.00 bits per heavy atom. The summed E-state index contributed by atoms with van der Waals surface area (Å²) in [6, 6.07) is 4.83. The summed E-state index contributed by atoms with van der Waals surface area (Å²) in [5, 5.41) is 12.0. The zero-order valence-electron chi connectivity index (χ0n) is 12.2. The smallest absolute Gasteiger partial charge is 0.151 e. The van der Waals surface area contributed by atoms with Crippen molar-refractivity contribution in [2.45, 2.75) is 58.0 Å². The monoisotopic (exact) mass is 262 g/mol. The summed E-state index contributed by atoms with van der Waals surface area (Å²) in [5.74, 6) is 1.01. The summed E-state index contributed by atoms with van der Waals surface area (Å²) < 4.78 is 0. The van der Waals surface area contributed by atoms with E-state index in [2.05, 4.69) is 46.5 Å². The molecule has 0 radical (unpaired) electrons. The maximum absolute atomic E-state index is 4.37. The minimum absolute atomic E-state index is 0.645. The van der Waals surface area contributed by atoms with Gasteiger partial charge >= 0.3 is 0 Å². The van der Waals surface area contributed by atoms with Gasteiger partial charge in [-0.15, -0.1) is 5.10 Å². The Hall–Kier alpha value is -1.16. The van der Waals surface area contributed by atoms with Gasteiger partial charge in [0, 0.05) is 19.6 Å². The molecule has 0 unspecified atom stereocenters. The van der Waals surface area contributed by atoms with Crippen LogP contribution < -0.4 is 10.2 Å². The van der Waals surface area contributed by atoms with Crippen LogP contribution in [0.1, 0.15) is 51.1 Å². The molecule has 0 saturated heterocycles. The topological polar surface area (TPSA) is 41.0 Å². The molecule has 106 valence electrons. The zero-order valence-corrected chi connectivity index (χ0v) is 12.2. The van der Waals surface area contributed by atoms with Crippen LogP contribution in [-0.2, 0) is 6.54 Å². The van der Waals surface area contributed by atoms with Crippen molar-refractivity contribution in [3.8, 4) is 0 Å². The van der Waals surface area contributed by atoms with Gasteiger partial charge in [0.1, 0.15) is 0 Å². The van der Waals surface area contributed by atoms with Crippen molar-refractivity contribution in [1.82, 2.24) is 15.5 Å². The lowest BCUT2D eigenvalue weighted by Gasteiger charge is -2.31. The van der Waals surface area contributed by atoms with Crippen molar-refractivity contribution in [2.75, 3.05) is 18.5 Å². The molecule has 4 nitrogen and oxygen atoms in total. The van der Waals surface area contributed by atoms with Crippen LogP contribution in [0.5, 0.6) is 0 Å². The Labute approximate surface area is 116 Å². The standard InChI is InChI=1S/C15H26N4/c1-3-11-16-12-13-9-10-15(18-17-13)19(2)14-7-5-4-6-8-14/h9-10,14,16H,3-8,11-12H2,1-2H3. The van der Waals surface area contributed by atoms with Crippen LogP contribution in [0.15, 0.2) is 12.1 Å². The predicted molar refractivity (Wildman–Crippen MR) is 79.3 cm³/mol. The molecule has 4 heteroatoms. The van der Waals surface area contributed by atoms with E-state index in [0.29, 0.717) is 6.04 Å². The van der Waals surface area contributed by atoms with Crippen molar-refractivity contribution >= 4 is 5.82 Å². The molecule has 1 aliphatic rings. The number of aromatic nitrogens is 2. The average molecular weight is 262 g/mol. The summed E-state index contributed by atoms with van der Waals surface area (Å²) >= 11 is 0. The van der Waals surface area contributed by atoms with Gasteiger partial charge in [0.2, 0.25) is 0 Å². The molecule has 0 aromatic carbocycles. The molecule has 0 bridgehead atoms. The lowest BCUT2D eigenvalue weighted by atomic mass is 9.94. The van der Waals surface area contributed by atoms with E-state index in [1.54, 1.807) is 0 Å². The van der Waals surface area contributed by atoms with Gasteiger partial charge in [-0.3, -0.25) is 0 Å². The SMILES string of the molecule is CCCNCc1ccc(N(C)C2CCCCC2)nn1. The van der Waals surface area contributed by atoms with Crippen molar-refractivity contribution in [3.63, 3.8) is 0 Å². The van der Waals surface area contributed by atoms with Gasteiger partial charge in [-0.05, 0) is 37.9 Å². The number of rotatable bonds is 6. The molecule has 1 fully saturated rings. The Morgan fingerprint density at radius 1 is 1.21 bits per heavy atom. The van der Waals surface area contributed by atoms with Crippen LogP contribution in [0.4, 0.5) is 5.82 Å². The maximum atomic E-state index is 4.37. The molecule has 0 amide bonds. The van der Waals surface area contributed by atoms with E-state index in [9.17, 15) is 0 Å². The lowest BCUT2D eigenvalue weighted by molar-refractivity contribution is 0.425. The van der Waals surface area contributed by atoms with Crippen LogP contribution in [0.3, 0.4) is 0 Å². The molecule has 1 N–H and O–H groups in total. The Morgan fingerprint density at radius 3 is 2.63 bits per heavy atom. The summed E-state index contributed by atoms with van der Waals surface area (Å²) in [4.78, 5) is 2.30. The second-order valence-corrected chi connectivity index (χ2v) is 5.46. The van der Waals surface area contributed by atoms with E-state index < -0.39 is 0 Å². The minimum atomic E-state index is 0.645. The van der Waals surface area contributed by atoms with Gasteiger partial charge in [0.05, 0.1) is 5.69 Å². The Kier molecular flexibility index (Phi) is 5.58. The van der Waals surface area contributed by atoms with E-state index in [4.69, 9.17) is 0 Å². The molecule has 1 heterocycles. The molecule has 0 atom stereocenters. The van der Waals surface area contributed by atoms with Gasteiger partial charge in [-0.1, -0.05) is 26.2 Å². The number of hydrogen-bond acceptors (Lipinski definition) is 4. The van der Waals surface area contributed by atoms with Crippen LogP contribution in [0.25, 0.3) is 0 Å². The first-order valence-electron chi connectivity index (χ1n) is 7.57. The third-order valence-electron chi connectivity index (χ3n) is 3.92. The molecule has 19 heavy (non-hydrogen) atoms. The van der Waals surface area contributed by atoms with Gasteiger partial charge in [-0.25, -0.2) is 0 Å². The van der Waals surface area contributed by atoms with Crippen molar-refractivity contribution in [3.05, 3.63) is 17.8 Å². The largest absolute Gasteiger partial charge is 0.355 e. The predicted octanol–water partition coefficient (Wildman–Crippen LogP) is 2.75. The lowest BCUT2D eigenvalue weighted by Crippen LogP contribution is -2.34. The van der Waals surface area contributed by atoms with Crippen LogP contribution in [0, 0.1) is 0 Å². The molecule has 2 rings (SSSR count). The zero-order chi connectivity index (χ0) is 13.5. The summed E-state index contributed by atoms with van der Waals surface area (Å²) in [6.07, 6.45) is 7.81. The number of anilines is 1. The number of nitrogens with one attached hydrogen (secondary N) is 1. The first kappa shape index (κ1) is 14.3. The molecule has 0 spiro atoms. The van der Waals surface area contributed by atoms with Crippen molar-refractivity contribution in [2.24, 2.45) is 0 Å². The van der Waals surface area contributed by atoms with Crippen molar-refractivity contribution in [1.29, 1.82) is 0 Å². The summed E-state index contributed by atoms with van der Waals surface area (Å²) in [5.41, 5.74) is 1.02. The molecule has 1 saturated carbocycles. The van der Waals surface area contributed by atoms with Gasteiger partial charge in [0.15, 0.2) is 5.82 Å². The molecule has 1 aromatic heterocycles. The number of nitrogens with zero attached hydrogens (tertiary/aromatic N) is 3. The summed E-state index contributed by atoms with van der Waals surface area (Å²) in [7, 11) is 2.15. The van der Waals surface area contributed by atoms with E-state index in [1.165, 1.54) is 32.1 Å². The fourth-order valence-electron chi connectivity index (χ4n) is 2.68. The quantitative estimate of drug-likeness (QED) is 0.800. The minimum Gasteiger partial charge on any atom is -0.355 e. The third-order valence-corrected chi connectivity index (χ3v) is 3.92. The van der Waals surface area contributed by atoms with E-state index >= 15 is 0 Å². The first-order valence-corrected chi connectivity index (χ1v) is 7.57. The highest BCUT2D eigenvalue weighted by atomic mass is 15.3. The van der Waals surface area contributed by atoms with Gasteiger partial charge < -0.3 is 10.2 Å². The van der Waals surface area contributed by atoms with E-state index in [0.717, 1.165) is 31.0 Å². The average Bonchev–Trinajstić information content (AvgIpc) is 2.48. The second kappa shape index (κ2) is 7.43. The molecule has 1 aliphatic carbocycles. The van der Waals surface area contributed by atoms with Crippen LogP contribution in [0.2, 0.25) is 0 Å². The maximum Gasteiger partial charge on any atom is 0.151 e. The van der Waals surface area contributed by atoms with E-state index in [-0.39, 0.29) is 0 Å². The highest BCUT2D eigenvalue weighted by Gasteiger charge is 2.19. The van der Waals surface area contributed by atoms with Gasteiger partial charge in [-0.2, -0.15) is 5.10 Å². The van der Waals surface area contributed by atoms with Crippen LogP contribution in [-0.4, -0.2) is 29.8 Å². The number of hydrogen-bond donors (Lipinski definition) is 1. The molecule has 1 aromatic rings. The van der Waals surface area contributed by atoms with E-state index in [1.807, 2.05) is 0 Å². The third kappa shape index (κ3) is 4.16. The fraction of sp³-hybridized carbons (Fsp3) is 0.733. The molecular weight excluding hydrogens is 236 g/mol.